The van der Waals surface area contributed by atoms with Crippen LogP contribution in [0, 0.1) is 18.8 Å². The molecule has 3 heteroatoms. The molecule has 0 saturated carbocycles. The molecule has 2 nitrogen and oxygen atoms in total. The SMILES string of the molecule is CC#CC(=O)NCCCc1c(C)cccc1Cl. The Bertz CT molecular complexity index is 437. The predicted octanol–water partition coefficient (Wildman–Crippen LogP) is 2.72. The molecule has 0 heterocycles. The third-order valence-corrected chi connectivity index (χ3v) is 2.83. The van der Waals surface area contributed by atoms with Gasteiger partial charge in [0.2, 0.25) is 0 Å². The Morgan fingerprint density at radius 1 is 1.47 bits per heavy atom. The molecule has 0 aliphatic heterocycles. The summed E-state index contributed by atoms with van der Waals surface area (Å²) in [7, 11) is 0. The van der Waals surface area contributed by atoms with Gasteiger partial charge in [-0.1, -0.05) is 29.7 Å². The van der Waals surface area contributed by atoms with Gasteiger partial charge in [0.05, 0.1) is 0 Å². The van der Waals surface area contributed by atoms with Crippen LogP contribution in [0.15, 0.2) is 18.2 Å². The topological polar surface area (TPSA) is 29.1 Å². The van der Waals surface area contributed by atoms with E-state index >= 15 is 0 Å². The first-order valence-electron chi connectivity index (χ1n) is 5.59. The van der Waals surface area contributed by atoms with Crippen LogP contribution in [0.5, 0.6) is 0 Å². The van der Waals surface area contributed by atoms with Gasteiger partial charge in [-0.05, 0) is 49.8 Å². The lowest BCUT2D eigenvalue weighted by atomic mass is 10.0. The molecular formula is C14H16ClNO. The van der Waals surface area contributed by atoms with Gasteiger partial charge in [-0.25, -0.2) is 0 Å². The molecule has 1 aromatic carbocycles. The molecule has 1 N–H and O–H groups in total. The van der Waals surface area contributed by atoms with Gasteiger partial charge in [0.15, 0.2) is 0 Å². The minimum atomic E-state index is -0.219. The summed E-state index contributed by atoms with van der Waals surface area (Å²) in [4.78, 5) is 11.1. The quantitative estimate of drug-likeness (QED) is 0.645. The fraction of sp³-hybridized carbons (Fsp3) is 0.357. The zero-order chi connectivity index (χ0) is 12.7. The zero-order valence-electron chi connectivity index (χ0n) is 10.1. The Morgan fingerprint density at radius 2 is 2.24 bits per heavy atom. The van der Waals surface area contributed by atoms with Gasteiger partial charge < -0.3 is 5.32 Å². The van der Waals surface area contributed by atoms with E-state index in [0.29, 0.717) is 6.54 Å². The number of halogens is 1. The lowest BCUT2D eigenvalue weighted by Gasteiger charge is -2.07. The Hall–Kier alpha value is -1.46. The molecule has 0 aliphatic carbocycles. The normalized spacial score (nSPS) is 9.35. The van der Waals surface area contributed by atoms with E-state index in [1.807, 2.05) is 25.1 Å². The summed E-state index contributed by atoms with van der Waals surface area (Å²) < 4.78 is 0. The second-order valence-corrected chi connectivity index (χ2v) is 4.18. The van der Waals surface area contributed by atoms with Crippen LogP contribution in [0.3, 0.4) is 0 Å². The van der Waals surface area contributed by atoms with Crippen LogP contribution in [-0.4, -0.2) is 12.5 Å². The fourth-order valence-corrected chi connectivity index (χ4v) is 1.92. The van der Waals surface area contributed by atoms with E-state index in [1.54, 1.807) is 6.92 Å². The molecule has 0 unspecified atom stereocenters. The summed E-state index contributed by atoms with van der Waals surface area (Å²) in [5.74, 6) is 4.78. The Morgan fingerprint density at radius 3 is 2.88 bits per heavy atom. The van der Waals surface area contributed by atoms with Crippen LogP contribution in [0.2, 0.25) is 5.02 Å². The lowest BCUT2D eigenvalue weighted by molar-refractivity contribution is -0.115. The van der Waals surface area contributed by atoms with Gasteiger partial charge in [0, 0.05) is 11.6 Å². The number of carbonyl (C=O) groups excluding carboxylic acids is 1. The lowest BCUT2D eigenvalue weighted by Crippen LogP contribution is -2.22. The molecule has 1 amide bonds. The van der Waals surface area contributed by atoms with Crippen molar-refractivity contribution in [2.24, 2.45) is 0 Å². The Balaban J connectivity index is 2.40. The molecule has 0 bridgehead atoms. The summed E-state index contributed by atoms with van der Waals surface area (Å²) in [6, 6.07) is 5.88. The molecule has 1 rings (SSSR count). The van der Waals surface area contributed by atoms with Crippen molar-refractivity contribution < 1.29 is 4.79 Å². The van der Waals surface area contributed by atoms with Crippen LogP contribution in [0.1, 0.15) is 24.5 Å². The van der Waals surface area contributed by atoms with Crippen molar-refractivity contribution in [3.05, 3.63) is 34.3 Å². The Kier molecular flexibility index (Phi) is 5.59. The van der Waals surface area contributed by atoms with Crippen molar-refractivity contribution in [3.8, 4) is 11.8 Å². The van der Waals surface area contributed by atoms with Crippen LogP contribution in [0.25, 0.3) is 0 Å². The highest BCUT2D eigenvalue weighted by atomic mass is 35.5. The van der Waals surface area contributed by atoms with E-state index in [9.17, 15) is 4.79 Å². The molecule has 0 saturated heterocycles. The molecule has 0 aliphatic rings. The van der Waals surface area contributed by atoms with Crippen LogP contribution < -0.4 is 5.32 Å². The summed E-state index contributed by atoms with van der Waals surface area (Å²) in [6.45, 7) is 4.31. The third kappa shape index (κ3) is 4.50. The van der Waals surface area contributed by atoms with E-state index in [1.165, 1.54) is 5.56 Å². The average molecular weight is 250 g/mol. The van der Waals surface area contributed by atoms with E-state index in [2.05, 4.69) is 17.2 Å². The number of carbonyl (C=O) groups is 1. The maximum Gasteiger partial charge on any atom is 0.295 e. The number of amides is 1. The first-order valence-corrected chi connectivity index (χ1v) is 5.97. The minimum Gasteiger partial charge on any atom is -0.345 e. The standard InChI is InChI=1S/C14H16ClNO/c1-3-6-14(17)16-10-5-8-12-11(2)7-4-9-13(12)15/h4,7,9H,5,8,10H2,1-2H3,(H,16,17). The van der Waals surface area contributed by atoms with Crippen LogP contribution >= 0.6 is 11.6 Å². The van der Waals surface area contributed by atoms with Gasteiger partial charge >= 0.3 is 0 Å². The van der Waals surface area contributed by atoms with Crippen LogP contribution in [0.4, 0.5) is 0 Å². The van der Waals surface area contributed by atoms with Crippen molar-refractivity contribution in [1.82, 2.24) is 5.32 Å². The zero-order valence-corrected chi connectivity index (χ0v) is 10.9. The van der Waals surface area contributed by atoms with Crippen molar-refractivity contribution in [1.29, 1.82) is 0 Å². The highest BCUT2D eigenvalue weighted by molar-refractivity contribution is 6.31. The molecule has 1 aromatic rings. The fourth-order valence-electron chi connectivity index (χ4n) is 1.61. The third-order valence-electron chi connectivity index (χ3n) is 2.48. The van der Waals surface area contributed by atoms with Gasteiger partial charge in [-0.3, -0.25) is 4.79 Å². The minimum absolute atomic E-state index is 0.219. The van der Waals surface area contributed by atoms with Gasteiger partial charge in [0.1, 0.15) is 0 Å². The number of hydrogen-bond acceptors (Lipinski definition) is 1. The largest absolute Gasteiger partial charge is 0.345 e. The monoisotopic (exact) mass is 249 g/mol. The molecule has 0 aromatic heterocycles. The van der Waals surface area contributed by atoms with Crippen molar-refractivity contribution in [3.63, 3.8) is 0 Å². The first kappa shape index (κ1) is 13.6. The second kappa shape index (κ2) is 6.98. The molecular weight excluding hydrogens is 234 g/mol. The average Bonchev–Trinajstić information content (AvgIpc) is 2.28. The highest BCUT2D eigenvalue weighted by Crippen LogP contribution is 2.20. The summed E-state index contributed by atoms with van der Waals surface area (Å²) in [5, 5.41) is 3.53. The smallest absolute Gasteiger partial charge is 0.295 e. The highest BCUT2D eigenvalue weighted by Gasteiger charge is 2.03. The summed E-state index contributed by atoms with van der Waals surface area (Å²) >= 11 is 6.11. The maximum atomic E-state index is 11.1. The molecule has 0 atom stereocenters. The van der Waals surface area contributed by atoms with Gasteiger partial charge in [0.25, 0.3) is 5.91 Å². The van der Waals surface area contributed by atoms with E-state index in [4.69, 9.17) is 11.6 Å². The van der Waals surface area contributed by atoms with Crippen molar-refractivity contribution in [2.75, 3.05) is 6.54 Å². The molecule has 90 valence electrons. The second-order valence-electron chi connectivity index (χ2n) is 3.77. The summed E-state index contributed by atoms with van der Waals surface area (Å²) in [6.07, 6.45) is 1.73. The Labute approximate surface area is 107 Å². The van der Waals surface area contributed by atoms with Gasteiger partial charge in [-0.15, -0.1) is 0 Å². The number of hydrogen-bond donors (Lipinski definition) is 1. The summed E-state index contributed by atoms with van der Waals surface area (Å²) in [5.41, 5.74) is 2.35. The van der Waals surface area contributed by atoms with Crippen LogP contribution in [-0.2, 0) is 11.2 Å². The van der Waals surface area contributed by atoms with E-state index in [-0.39, 0.29) is 5.91 Å². The van der Waals surface area contributed by atoms with Crippen molar-refractivity contribution in [2.45, 2.75) is 26.7 Å². The molecule has 0 fully saturated rings. The van der Waals surface area contributed by atoms with E-state index in [0.717, 1.165) is 23.4 Å². The number of rotatable bonds is 4. The predicted molar refractivity (Wildman–Crippen MR) is 71.0 cm³/mol. The van der Waals surface area contributed by atoms with Gasteiger partial charge in [-0.2, -0.15) is 0 Å². The molecule has 17 heavy (non-hydrogen) atoms. The maximum absolute atomic E-state index is 11.1. The van der Waals surface area contributed by atoms with Crippen molar-refractivity contribution >= 4 is 17.5 Å². The first-order chi connectivity index (χ1) is 8.15. The number of benzene rings is 1. The molecule has 0 spiro atoms. The number of nitrogens with one attached hydrogen (secondary N) is 1. The number of aryl methyl sites for hydroxylation is 1. The molecule has 0 radical (unpaired) electrons. The van der Waals surface area contributed by atoms with E-state index < -0.39 is 0 Å².